The number of rotatable bonds is 6. The highest BCUT2D eigenvalue weighted by molar-refractivity contribution is 6.06. The molecular weight excluding hydrogens is 568 g/mol. The molecule has 1 saturated heterocycles. The van der Waals surface area contributed by atoms with E-state index in [9.17, 15) is 31.9 Å². The maximum Gasteiger partial charge on any atom is 0.419 e. The van der Waals surface area contributed by atoms with Gasteiger partial charge in [0, 0.05) is 36.3 Å². The molecule has 1 aliphatic rings. The van der Waals surface area contributed by atoms with E-state index in [1.54, 1.807) is 44.4 Å². The number of Topliss-reactive ketones (excluding diaryl/α,β-unsaturated/α-hetero) is 1. The molecule has 0 bridgehead atoms. The fourth-order valence-electron chi connectivity index (χ4n) is 5.41. The smallest absolute Gasteiger partial charge is 0.326 e. The molecule has 3 atom stereocenters. The number of hydrogen-bond donors (Lipinski definition) is 1. The Morgan fingerprint density at radius 3 is 2.40 bits per heavy atom. The maximum absolute atomic E-state index is 14.6. The second-order valence-electron chi connectivity index (χ2n) is 10.7. The standard InChI is InChI=1S/C30H28F4N6O3/c1-15-10-25(29(43)37-23-7-5-6-22(27(23)31)30(32,33)34)40(16(15)2)26(42)14-39-24-9-8-19(20-12-35-18(4)36-13-20)11-21(24)28(38-39)17(3)41/h5-9,11-13,15-16,25H,10,14H2,1-4H3,(H,37,43)/t15-,16+,25-/m0/s1. The first-order valence-corrected chi connectivity index (χ1v) is 13.5. The van der Waals surface area contributed by atoms with Gasteiger partial charge in [-0.25, -0.2) is 14.4 Å². The molecule has 2 amide bonds. The van der Waals surface area contributed by atoms with Crippen molar-refractivity contribution in [3.05, 3.63) is 71.7 Å². The fourth-order valence-corrected chi connectivity index (χ4v) is 5.41. The molecule has 3 heterocycles. The van der Waals surface area contributed by atoms with E-state index in [1.165, 1.54) is 16.5 Å². The van der Waals surface area contributed by atoms with Gasteiger partial charge < -0.3 is 10.2 Å². The minimum absolute atomic E-state index is 0.132. The number of likely N-dealkylation sites (tertiary alicyclic amines) is 1. The molecule has 5 rings (SSSR count). The quantitative estimate of drug-likeness (QED) is 0.235. The summed E-state index contributed by atoms with van der Waals surface area (Å²) in [5.74, 6) is -2.72. The van der Waals surface area contributed by atoms with Crippen LogP contribution in [0.2, 0.25) is 0 Å². The number of aryl methyl sites for hydroxylation is 1. The van der Waals surface area contributed by atoms with Crippen molar-refractivity contribution in [1.29, 1.82) is 0 Å². The van der Waals surface area contributed by atoms with Gasteiger partial charge in [-0.05, 0) is 56.0 Å². The zero-order valence-corrected chi connectivity index (χ0v) is 23.7. The van der Waals surface area contributed by atoms with Crippen molar-refractivity contribution in [2.45, 2.75) is 58.9 Å². The number of fused-ring (bicyclic) bond motifs is 1. The van der Waals surface area contributed by atoms with E-state index in [-0.39, 0.29) is 30.4 Å². The number of carbonyl (C=O) groups excluding carboxylic acids is 3. The van der Waals surface area contributed by atoms with Crippen LogP contribution in [0.3, 0.4) is 0 Å². The van der Waals surface area contributed by atoms with E-state index in [0.717, 1.165) is 23.3 Å². The minimum Gasteiger partial charge on any atom is -0.326 e. The molecule has 0 radical (unpaired) electrons. The van der Waals surface area contributed by atoms with Crippen molar-refractivity contribution < 1.29 is 31.9 Å². The highest BCUT2D eigenvalue weighted by atomic mass is 19.4. The Bertz CT molecular complexity index is 1730. The fraction of sp³-hybridized carbons (Fsp3) is 0.333. The summed E-state index contributed by atoms with van der Waals surface area (Å²) in [6.07, 6.45) is -1.39. The van der Waals surface area contributed by atoms with Crippen molar-refractivity contribution >= 4 is 34.2 Å². The van der Waals surface area contributed by atoms with Gasteiger partial charge in [-0.2, -0.15) is 18.3 Å². The van der Waals surface area contributed by atoms with Gasteiger partial charge in [0.25, 0.3) is 0 Å². The highest BCUT2D eigenvalue weighted by Gasteiger charge is 2.43. The normalized spacial score (nSPS) is 18.7. The molecular formula is C30H28F4N6O3. The summed E-state index contributed by atoms with van der Waals surface area (Å²) < 4.78 is 55.6. The van der Waals surface area contributed by atoms with E-state index >= 15 is 0 Å². The Balaban J connectivity index is 1.43. The number of anilines is 1. The van der Waals surface area contributed by atoms with Crippen molar-refractivity contribution in [1.82, 2.24) is 24.6 Å². The molecule has 0 spiro atoms. The predicted octanol–water partition coefficient (Wildman–Crippen LogP) is 5.43. The molecule has 0 unspecified atom stereocenters. The molecule has 43 heavy (non-hydrogen) atoms. The van der Waals surface area contributed by atoms with Gasteiger partial charge >= 0.3 is 6.18 Å². The zero-order valence-electron chi connectivity index (χ0n) is 23.7. The summed E-state index contributed by atoms with van der Waals surface area (Å²) in [5.41, 5.74) is 0.0324. The Morgan fingerprint density at radius 1 is 1.05 bits per heavy atom. The maximum atomic E-state index is 14.6. The number of benzene rings is 2. The lowest BCUT2D eigenvalue weighted by Gasteiger charge is -2.28. The molecule has 1 fully saturated rings. The molecule has 1 aliphatic heterocycles. The SMILES string of the molecule is CC(=O)c1nn(CC(=O)N2[C@H](C)[C@@H](C)C[C@H]2C(=O)Nc2cccc(C(F)(F)F)c2F)c2ccc(-c3cnc(C)nc3)cc12. The summed E-state index contributed by atoms with van der Waals surface area (Å²) in [4.78, 5) is 49.2. The number of amides is 2. The van der Waals surface area contributed by atoms with Crippen molar-refractivity contribution in [2.24, 2.45) is 5.92 Å². The van der Waals surface area contributed by atoms with Gasteiger partial charge in [-0.3, -0.25) is 19.1 Å². The summed E-state index contributed by atoms with van der Waals surface area (Å²) in [6.45, 7) is 6.43. The Labute approximate surface area is 243 Å². The van der Waals surface area contributed by atoms with Gasteiger partial charge in [-0.1, -0.05) is 19.1 Å². The van der Waals surface area contributed by atoms with Crippen LogP contribution in [0.1, 0.15) is 49.1 Å². The molecule has 2 aromatic heterocycles. The third-order valence-electron chi connectivity index (χ3n) is 7.83. The second kappa shape index (κ2) is 11.2. The number of halogens is 4. The zero-order chi connectivity index (χ0) is 31.2. The summed E-state index contributed by atoms with van der Waals surface area (Å²) in [7, 11) is 0. The van der Waals surface area contributed by atoms with Gasteiger partial charge in [0.2, 0.25) is 11.8 Å². The largest absolute Gasteiger partial charge is 0.419 e. The summed E-state index contributed by atoms with van der Waals surface area (Å²) in [6, 6.07) is 6.45. The molecule has 9 nitrogen and oxygen atoms in total. The Morgan fingerprint density at radius 2 is 1.74 bits per heavy atom. The van der Waals surface area contributed by atoms with Crippen molar-refractivity contribution in [3.63, 3.8) is 0 Å². The number of hydrogen-bond acceptors (Lipinski definition) is 6. The van der Waals surface area contributed by atoms with E-state index in [0.29, 0.717) is 22.8 Å². The number of nitrogens with one attached hydrogen (secondary N) is 1. The lowest BCUT2D eigenvalue weighted by Crippen LogP contribution is -2.47. The van der Waals surface area contributed by atoms with E-state index in [4.69, 9.17) is 0 Å². The summed E-state index contributed by atoms with van der Waals surface area (Å²) in [5, 5.41) is 7.17. The topological polar surface area (TPSA) is 110 Å². The molecule has 1 N–H and O–H groups in total. The van der Waals surface area contributed by atoms with E-state index < -0.39 is 47.1 Å². The highest BCUT2D eigenvalue weighted by Crippen LogP contribution is 2.35. The average molecular weight is 597 g/mol. The molecule has 224 valence electrons. The molecule has 0 saturated carbocycles. The third kappa shape index (κ3) is 5.71. The summed E-state index contributed by atoms with van der Waals surface area (Å²) >= 11 is 0. The van der Waals surface area contributed by atoms with Crippen LogP contribution >= 0.6 is 0 Å². The van der Waals surface area contributed by atoms with Crippen LogP contribution in [0, 0.1) is 18.7 Å². The van der Waals surface area contributed by atoms with Crippen molar-refractivity contribution in [3.8, 4) is 11.1 Å². The van der Waals surface area contributed by atoms with Crippen LogP contribution in [0.15, 0.2) is 48.8 Å². The first-order chi connectivity index (χ1) is 20.3. The predicted molar refractivity (Wildman–Crippen MR) is 149 cm³/mol. The van der Waals surface area contributed by atoms with Crippen LogP contribution in [0.4, 0.5) is 23.2 Å². The Kier molecular flexibility index (Phi) is 7.76. The van der Waals surface area contributed by atoms with Crippen LogP contribution in [-0.2, 0) is 22.3 Å². The van der Waals surface area contributed by atoms with Gasteiger partial charge in [0.1, 0.15) is 24.1 Å². The second-order valence-corrected chi connectivity index (χ2v) is 10.7. The van der Waals surface area contributed by atoms with Crippen LogP contribution in [0.25, 0.3) is 22.0 Å². The van der Waals surface area contributed by atoms with Crippen LogP contribution in [0.5, 0.6) is 0 Å². The lowest BCUT2D eigenvalue weighted by atomic mass is 10.0. The number of ketones is 1. The number of nitrogens with zero attached hydrogens (tertiary/aromatic N) is 5. The van der Waals surface area contributed by atoms with Gasteiger partial charge in [-0.15, -0.1) is 0 Å². The Hall–Kier alpha value is -4.68. The van der Waals surface area contributed by atoms with Gasteiger partial charge in [0.15, 0.2) is 11.6 Å². The molecule has 4 aromatic rings. The first kappa shape index (κ1) is 29.8. The monoisotopic (exact) mass is 596 g/mol. The minimum atomic E-state index is -4.94. The van der Waals surface area contributed by atoms with E-state index in [1.807, 2.05) is 6.92 Å². The number of aromatic nitrogens is 4. The molecule has 2 aromatic carbocycles. The van der Waals surface area contributed by atoms with Gasteiger partial charge in [0.05, 0.1) is 16.8 Å². The van der Waals surface area contributed by atoms with E-state index in [2.05, 4.69) is 20.4 Å². The number of carbonyl (C=O) groups is 3. The van der Waals surface area contributed by atoms with Crippen LogP contribution in [-0.4, -0.2) is 54.3 Å². The average Bonchev–Trinajstić information content (AvgIpc) is 3.46. The first-order valence-electron chi connectivity index (χ1n) is 13.5. The molecule has 13 heteroatoms. The van der Waals surface area contributed by atoms with Crippen LogP contribution < -0.4 is 5.32 Å². The molecule has 0 aliphatic carbocycles. The number of alkyl halides is 3. The van der Waals surface area contributed by atoms with Crippen molar-refractivity contribution in [2.75, 3.05) is 5.32 Å². The lowest BCUT2D eigenvalue weighted by molar-refractivity contribution is -0.140. The third-order valence-corrected chi connectivity index (χ3v) is 7.83.